The van der Waals surface area contributed by atoms with E-state index in [4.69, 9.17) is 9.47 Å². The van der Waals surface area contributed by atoms with E-state index in [2.05, 4.69) is 46.8 Å². The summed E-state index contributed by atoms with van der Waals surface area (Å²) in [6.45, 7) is 4.83. The third-order valence-corrected chi connectivity index (χ3v) is 4.00. The minimum absolute atomic E-state index is 0. The summed E-state index contributed by atoms with van der Waals surface area (Å²) in [7, 11) is 3.48. The quantitative estimate of drug-likeness (QED) is 0.248. The number of methoxy groups -OCH3 is 1. The number of aliphatic imine (C=N–C) groups is 1. The third kappa shape index (κ3) is 8.62. The van der Waals surface area contributed by atoms with Gasteiger partial charge in [0.15, 0.2) is 5.96 Å². The molecule has 2 aromatic carbocycles. The standard InChI is InChI=1S/C21H29N3O2.HI/c1-17-9-10-20(25-3)19(15-17)11-12-23-21(22-2)24-13-14-26-16-18-7-5-4-6-8-18;/h4-10,15H,11-14,16H2,1-3H3,(H2,22,23,24);1H. The molecule has 0 radical (unpaired) electrons. The van der Waals surface area contributed by atoms with Gasteiger partial charge in [0.25, 0.3) is 0 Å². The van der Waals surface area contributed by atoms with Gasteiger partial charge < -0.3 is 20.1 Å². The Kier molecular flexibility index (Phi) is 11.5. The van der Waals surface area contributed by atoms with Crippen molar-refractivity contribution in [1.82, 2.24) is 10.6 Å². The number of hydrogen-bond donors (Lipinski definition) is 2. The number of aryl methyl sites for hydroxylation is 1. The maximum absolute atomic E-state index is 5.67. The Morgan fingerprint density at radius 2 is 1.78 bits per heavy atom. The summed E-state index contributed by atoms with van der Waals surface area (Å²) in [5, 5.41) is 6.59. The van der Waals surface area contributed by atoms with E-state index in [-0.39, 0.29) is 24.0 Å². The molecule has 0 fully saturated rings. The van der Waals surface area contributed by atoms with Crippen LogP contribution in [0.25, 0.3) is 0 Å². The summed E-state index contributed by atoms with van der Waals surface area (Å²) in [5.41, 5.74) is 3.61. The molecule has 5 nitrogen and oxygen atoms in total. The van der Waals surface area contributed by atoms with Gasteiger partial charge in [0.1, 0.15) is 5.75 Å². The molecule has 148 valence electrons. The van der Waals surface area contributed by atoms with Crippen molar-refractivity contribution in [2.75, 3.05) is 33.9 Å². The molecular formula is C21H30IN3O2. The highest BCUT2D eigenvalue weighted by Gasteiger charge is 2.04. The molecule has 27 heavy (non-hydrogen) atoms. The fourth-order valence-corrected chi connectivity index (χ4v) is 2.64. The lowest BCUT2D eigenvalue weighted by Gasteiger charge is -2.13. The van der Waals surface area contributed by atoms with Crippen LogP contribution in [0.4, 0.5) is 0 Å². The Labute approximate surface area is 179 Å². The van der Waals surface area contributed by atoms with Crippen LogP contribution in [0, 0.1) is 6.92 Å². The molecule has 0 saturated carbocycles. The fraction of sp³-hybridized carbons (Fsp3) is 0.381. The molecule has 0 amide bonds. The Bertz CT molecular complexity index is 693. The van der Waals surface area contributed by atoms with Gasteiger partial charge in [0.05, 0.1) is 20.3 Å². The first kappa shape index (κ1) is 23.2. The largest absolute Gasteiger partial charge is 0.496 e. The lowest BCUT2D eigenvalue weighted by molar-refractivity contribution is 0.125. The average Bonchev–Trinajstić information content (AvgIpc) is 2.67. The molecule has 0 spiro atoms. The smallest absolute Gasteiger partial charge is 0.191 e. The predicted octanol–water partition coefficient (Wildman–Crippen LogP) is 3.55. The van der Waals surface area contributed by atoms with E-state index in [1.807, 2.05) is 24.3 Å². The van der Waals surface area contributed by atoms with E-state index < -0.39 is 0 Å². The Hall–Kier alpha value is -1.80. The molecular weight excluding hydrogens is 453 g/mol. The van der Waals surface area contributed by atoms with Crippen LogP contribution in [0.2, 0.25) is 0 Å². The average molecular weight is 483 g/mol. The predicted molar refractivity (Wildman–Crippen MR) is 122 cm³/mol. The van der Waals surface area contributed by atoms with Gasteiger partial charge in [-0.3, -0.25) is 4.99 Å². The van der Waals surface area contributed by atoms with Gasteiger partial charge in [-0.25, -0.2) is 0 Å². The second-order valence-corrected chi connectivity index (χ2v) is 6.03. The lowest BCUT2D eigenvalue weighted by atomic mass is 10.1. The summed E-state index contributed by atoms with van der Waals surface area (Å²) in [6, 6.07) is 16.4. The third-order valence-electron chi connectivity index (χ3n) is 4.00. The number of ether oxygens (including phenoxy) is 2. The summed E-state index contributed by atoms with van der Waals surface area (Å²) in [5.74, 6) is 1.70. The van der Waals surface area contributed by atoms with Crippen LogP contribution >= 0.6 is 24.0 Å². The lowest BCUT2D eigenvalue weighted by Crippen LogP contribution is -2.39. The monoisotopic (exact) mass is 483 g/mol. The Morgan fingerprint density at radius 1 is 1.04 bits per heavy atom. The van der Waals surface area contributed by atoms with Crippen LogP contribution < -0.4 is 15.4 Å². The molecule has 0 aliphatic carbocycles. The summed E-state index contributed by atoms with van der Waals surface area (Å²) < 4.78 is 11.1. The molecule has 0 aliphatic heterocycles. The fourth-order valence-electron chi connectivity index (χ4n) is 2.64. The van der Waals surface area contributed by atoms with Crippen LogP contribution in [-0.4, -0.2) is 39.8 Å². The number of rotatable bonds is 9. The van der Waals surface area contributed by atoms with Crippen molar-refractivity contribution in [3.8, 4) is 5.75 Å². The number of benzene rings is 2. The van der Waals surface area contributed by atoms with Crippen LogP contribution in [0.5, 0.6) is 5.75 Å². The molecule has 0 saturated heterocycles. The van der Waals surface area contributed by atoms with Gasteiger partial charge in [0.2, 0.25) is 0 Å². The van der Waals surface area contributed by atoms with E-state index in [1.165, 1.54) is 16.7 Å². The number of nitrogens with one attached hydrogen (secondary N) is 2. The van der Waals surface area contributed by atoms with Crippen molar-refractivity contribution in [1.29, 1.82) is 0 Å². The van der Waals surface area contributed by atoms with Gasteiger partial charge in [0, 0.05) is 20.1 Å². The number of nitrogens with zero attached hydrogens (tertiary/aromatic N) is 1. The van der Waals surface area contributed by atoms with Crippen molar-refractivity contribution < 1.29 is 9.47 Å². The molecule has 0 aliphatic rings. The van der Waals surface area contributed by atoms with E-state index in [9.17, 15) is 0 Å². The van der Waals surface area contributed by atoms with Gasteiger partial charge in [-0.2, -0.15) is 0 Å². The highest BCUT2D eigenvalue weighted by Crippen LogP contribution is 2.19. The first-order valence-corrected chi connectivity index (χ1v) is 8.92. The maximum atomic E-state index is 5.67. The molecule has 6 heteroatoms. The van der Waals surface area contributed by atoms with Gasteiger partial charge in [-0.1, -0.05) is 48.0 Å². The molecule has 0 aromatic heterocycles. The van der Waals surface area contributed by atoms with E-state index >= 15 is 0 Å². The SMILES string of the molecule is CN=C(NCCOCc1ccccc1)NCCc1cc(C)ccc1OC.I. The van der Waals surface area contributed by atoms with E-state index in [0.29, 0.717) is 19.8 Å². The van der Waals surface area contributed by atoms with E-state index in [0.717, 1.165) is 24.7 Å². The zero-order valence-electron chi connectivity index (χ0n) is 16.3. The van der Waals surface area contributed by atoms with Crippen LogP contribution in [-0.2, 0) is 17.8 Å². The molecule has 2 aromatic rings. The van der Waals surface area contributed by atoms with Crippen LogP contribution in [0.15, 0.2) is 53.5 Å². The van der Waals surface area contributed by atoms with Crippen molar-refractivity contribution in [2.24, 2.45) is 4.99 Å². The molecule has 0 unspecified atom stereocenters. The number of hydrogen-bond acceptors (Lipinski definition) is 3. The summed E-state index contributed by atoms with van der Waals surface area (Å²) in [6.07, 6.45) is 0.871. The highest BCUT2D eigenvalue weighted by atomic mass is 127. The molecule has 2 N–H and O–H groups in total. The zero-order chi connectivity index (χ0) is 18.6. The first-order valence-electron chi connectivity index (χ1n) is 8.92. The van der Waals surface area contributed by atoms with Crippen molar-refractivity contribution in [3.63, 3.8) is 0 Å². The molecule has 2 rings (SSSR count). The Balaban J connectivity index is 0.00000364. The van der Waals surface area contributed by atoms with E-state index in [1.54, 1.807) is 14.2 Å². The highest BCUT2D eigenvalue weighted by molar-refractivity contribution is 14.0. The van der Waals surface area contributed by atoms with Gasteiger partial charge in [-0.15, -0.1) is 24.0 Å². The topological polar surface area (TPSA) is 54.9 Å². The minimum atomic E-state index is 0. The summed E-state index contributed by atoms with van der Waals surface area (Å²) in [4.78, 5) is 4.24. The molecule has 0 bridgehead atoms. The van der Waals surface area contributed by atoms with Crippen molar-refractivity contribution in [3.05, 3.63) is 65.2 Å². The molecule has 0 heterocycles. The number of guanidine groups is 1. The van der Waals surface area contributed by atoms with Crippen molar-refractivity contribution in [2.45, 2.75) is 20.0 Å². The van der Waals surface area contributed by atoms with Crippen LogP contribution in [0.3, 0.4) is 0 Å². The molecule has 0 atom stereocenters. The van der Waals surface area contributed by atoms with Gasteiger partial charge >= 0.3 is 0 Å². The van der Waals surface area contributed by atoms with Crippen LogP contribution in [0.1, 0.15) is 16.7 Å². The second-order valence-electron chi connectivity index (χ2n) is 6.03. The normalized spacial score (nSPS) is 10.9. The Morgan fingerprint density at radius 3 is 2.48 bits per heavy atom. The second kappa shape index (κ2) is 13.4. The first-order chi connectivity index (χ1) is 12.7. The maximum Gasteiger partial charge on any atom is 0.191 e. The number of halogens is 1. The van der Waals surface area contributed by atoms with Gasteiger partial charge in [-0.05, 0) is 30.5 Å². The summed E-state index contributed by atoms with van der Waals surface area (Å²) >= 11 is 0. The zero-order valence-corrected chi connectivity index (χ0v) is 18.7. The minimum Gasteiger partial charge on any atom is -0.496 e. The van der Waals surface area contributed by atoms with Crippen molar-refractivity contribution >= 4 is 29.9 Å².